The van der Waals surface area contributed by atoms with Crippen LogP contribution in [0.25, 0.3) is 0 Å². The van der Waals surface area contributed by atoms with E-state index in [2.05, 4.69) is 11.4 Å². The highest BCUT2D eigenvalue weighted by Gasteiger charge is 2.42. The highest BCUT2D eigenvalue weighted by molar-refractivity contribution is 6.30. The molecule has 0 atom stereocenters. The molecule has 1 N–H and O–H groups in total. The molecule has 4 heteroatoms. The molecule has 84 valence electrons. The van der Waals surface area contributed by atoms with E-state index in [1.165, 1.54) is 6.07 Å². The molecule has 0 saturated heterocycles. The second-order valence-corrected chi connectivity index (χ2v) is 4.65. The average Bonchev–Trinajstić information content (AvgIpc) is 3.04. The monoisotopic (exact) mass is 238 g/mol. The number of hydrogen-bond acceptors (Lipinski definition) is 2. The Morgan fingerprint density at radius 1 is 1.50 bits per heavy atom. The molecule has 0 heterocycles. The van der Waals surface area contributed by atoms with Gasteiger partial charge < -0.3 is 5.32 Å². The largest absolute Gasteiger partial charge is 0.311 e. The zero-order valence-electron chi connectivity index (χ0n) is 8.76. The first-order chi connectivity index (χ1) is 7.65. The van der Waals surface area contributed by atoms with Crippen molar-refractivity contribution in [2.75, 3.05) is 6.54 Å². The van der Waals surface area contributed by atoms with Crippen molar-refractivity contribution in [2.45, 2.75) is 19.4 Å². The summed E-state index contributed by atoms with van der Waals surface area (Å²) in [5.41, 5.74) is 0.782. The molecule has 0 radical (unpaired) electrons. The van der Waals surface area contributed by atoms with Gasteiger partial charge in [-0.05, 0) is 30.5 Å². The molecule has 0 aromatic heterocycles. The fourth-order valence-corrected chi connectivity index (χ4v) is 1.78. The number of nitriles is 1. The van der Waals surface area contributed by atoms with Crippen LogP contribution in [-0.4, -0.2) is 6.54 Å². The third kappa shape index (κ3) is 2.52. The fraction of sp³-hybridized carbons (Fsp3) is 0.417. The van der Waals surface area contributed by atoms with Crippen molar-refractivity contribution in [1.29, 1.82) is 5.26 Å². The quantitative estimate of drug-likeness (QED) is 0.876. The maximum atomic E-state index is 12.9. The van der Waals surface area contributed by atoms with Crippen LogP contribution in [0.2, 0.25) is 5.02 Å². The molecule has 0 aliphatic heterocycles. The molecular weight excluding hydrogens is 227 g/mol. The topological polar surface area (TPSA) is 35.8 Å². The van der Waals surface area contributed by atoms with Crippen LogP contribution in [0.3, 0.4) is 0 Å². The predicted octanol–water partition coefficient (Wildman–Crippen LogP) is 2.87. The summed E-state index contributed by atoms with van der Waals surface area (Å²) >= 11 is 5.67. The van der Waals surface area contributed by atoms with Gasteiger partial charge in [-0.25, -0.2) is 4.39 Å². The third-order valence-electron chi connectivity index (χ3n) is 2.87. The third-order valence-corrected chi connectivity index (χ3v) is 3.16. The summed E-state index contributed by atoms with van der Waals surface area (Å²) in [7, 11) is 0. The van der Waals surface area contributed by atoms with Crippen LogP contribution in [-0.2, 0) is 6.54 Å². The molecule has 16 heavy (non-hydrogen) atoms. The lowest BCUT2D eigenvalue weighted by Gasteiger charge is -2.08. The van der Waals surface area contributed by atoms with E-state index < -0.39 is 5.82 Å². The van der Waals surface area contributed by atoms with Gasteiger partial charge in [-0.15, -0.1) is 0 Å². The first kappa shape index (κ1) is 11.4. The van der Waals surface area contributed by atoms with Crippen LogP contribution in [0.1, 0.15) is 18.4 Å². The Morgan fingerprint density at radius 3 is 2.81 bits per heavy atom. The van der Waals surface area contributed by atoms with E-state index >= 15 is 0 Å². The number of nitrogens with one attached hydrogen (secondary N) is 1. The lowest BCUT2D eigenvalue weighted by atomic mass is 10.1. The number of hydrogen-bond donors (Lipinski definition) is 1. The Balaban J connectivity index is 1.86. The minimum absolute atomic E-state index is 0.140. The van der Waals surface area contributed by atoms with Crippen molar-refractivity contribution in [3.05, 3.63) is 34.6 Å². The van der Waals surface area contributed by atoms with Gasteiger partial charge in [0.25, 0.3) is 0 Å². The Morgan fingerprint density at radius 2 is 2.25 bits per heavy atom. The van der Waals surface area contributed by atoms with Gasteiger partial charge in [0.1, 0.15) is 5.82 Å². The molecule has 1 fully saturated rings. The van der Waals surface area contributed by atoms with E-state index in [9.17, 15) is 4.39 Å². The summed E-state index contributed by atoms with van der Waals surface area (Å²) in [6.45, 7) is 1.31. The molecule has 0 amide bonds. The molecule has 1 saturated carbocycles. The molecule has 2 rings (SSSR count). The molecule has 0 spiro atoms. The summed E-state index contributed by atoms with van der Waals surface area (Å²) in [4.78, 5) is 0. The number of rotatable bonds is 4. The van der Waals surface area contributed by atoms with E-state index in [0.29, 0.717) is 13.1 Å². The highest BCUT2D eigenvalue weighted by atomic mass is 35.5. The Hall–Kier alpha value is -1.11. The number of nitrogens with zero attached hydrogens (tertiary/aromatic N) is 1. The van der Waals surface area contributed by atoms with Gasteiger partial charge in [-0.2, -0.15) is 5.26 Å². The van der Waals surface area contributed by atoms with Gasteiger partial charge in [0.05, 0.1) is 16.5 Å². The summed E-state index contributed by atoms with van der Waals surface area (Å²) in [6.07, 6.45) is 1.95. The maximum absolute atomic E-state index is 12.9. The first-order valence-electron chi connectivity index (χ1n) is 5.21. The van der Waals surface area contributed by atoms with E-state index in [1.807, 2.05) is 0 Å². The van der Waals surface area contributed by atoms with E-state index in [0.717, 1.165) is 18.4 Å². The van der Waals surface area contributed by atoms with Crippen molar-refractivity contribution in [1.82, 2.24) is 5.32 Å². The molecule has 1 aliphatic carbocycles. The van der Waals surface area contributed by atoms with Gasteiger partial charge >= 0.3 is 0 Å². The minimum atomic E-state index is -0.402. The second kappa shape index (κ2) is 4.40. The molecule has 1 aliphatic rings. The molecular formula is C12H12ClFN2. The number of benzene rings is 1. The molecule has 0 unspecified atom stereocenters. The summed E-state index contributed by atoms with van der Waals surface area (Å²) in [5, 5.41) is 12.2. The van der Waals surface area contributed by atoms with Crippen LogP contribution in [0.5, 0.6) is 0 Å². The van der Waals surface area contributed by atoms with Crippen molar-refractivity contribution >= 4 is 11.6 Å². The van der Waals surface area contributed by atoms with Gasteiger partial charge in [-0.1, -0.05) is 17.7 Å². The maximum Gasteiger partial charge on any atom is 0.141 e. The molecule has 1 aromatic rings. The van der Waals surface area contributed by atoms with Gasteiger partial charge in [0.15, 0.2) is 0 Å². The summed E-state index contributed by atoms with van der Waals surface area (Å²) in [6, 6.07) is 6.97. The molecule has 0 bridgehead atoms. The number of halogens is 2. The Labute approximate surface area is 99.0 Å². The lowest BCUT2D eigenvalue weighted by Crippen LogP contribution is -2.22. The Kier molecular flexibility index (Phi) is 3.13. The van der Waals surface area contributed by atoms with Crippen LogP contribution in [0.4, 0.5) is 4.39 Å². The zero-order valence-corrected chi connectivity index (χ0v) is 9.52. The van der Waals surface area contributed by atoms with Gasteiger partial charge in [-0.3, -0.25) is 0 Å². The lowest BCUT2D eigenvalue weighted by molar-refractivity contribution is 0.557. The van der Waals surface area contributed by atoms with Crippen LogP contribution >= 0.6 is 11.6 Å². The molecule has 1 aromatic carbocycles. The smallest absolute Gasteiger partial charge is 0.141 e. The van der Waals surface area contributed by atoms with Crippen molar-refractivity contribution in [3.63, 3.8) is 0 Å². The van der Waals surface area contributed by atoms with Crippen molar-refractivity contribution in [3.8, 4) is 6.07 Å². The standard InChI is InChI=1S/C12H12ClFN2/c13-10-5-9(1-2-11(10)14)6-16-8-12(7-15)3-4-12/h1-2,5,16H,3-4,6,8H2. The van der Waals surface area contributed by atoms with Crippen molar-refractivity contribution in [2.24, 2.45) is 5.41 Å². The SMILES string of the molecule is N#CC1(CNCc2ccc(F)c(Cl)c2)CC1. The van der Waals surface area contributed by atoms with E-state index in [-0.39, 0.29) is 10.4 Å². The van der Waals surface area contributed by atoms with Crippen LogP contribution in [0, 0.1) is 22.6 Å². The van der Waals surface area contributed by atoms with Gasteiger partial charge in [0.2, 0.25) is 0 Å². The van der Waals surface area contributed by atoms with Crippen LogP contribution in [0.15, 0.2) is 18.2 Å². The molecule has 2 nitrogen and oxygen atoms in total. The fourth-order valence-electron chi connectivity index (χ4n) is 1.57. The van der Waals surface area contributed by atoms with E-state index in [4.69, 9.17) is 16.9 Å². The first-order valence-corrected chi connectivity index (χ1v) is 5.59. The Bertz CT molecular complexity index is 435. The van der Waals surface area contributed by atoms with E-state index in [1.54, 1.807) is 12.1 Å². The van der Waals surface area contributed by atoms with Crippen LogP contribution < -0.4 is 5.32 Å². The summed E-state index contributed by atoms with van der Waals surface area (Å²) in [5.74, 6) is -0.402. The predicted molar refractivity (Wildman–Crippen MR) is 60.4 cm³/mol. The van der Waals surface area contributed by atoms with Crippen molar-refractivity contribution < 1.29 is 4.39 Å². The minimum Gasteiger partial charge on any atom is -0.311 e. The second-order valence-electron chi connectivity index (χ2n) is 4.24. The summed E-state index contributed by atoms with van der Waals surface area (Å²) < 4.78 is 12.9. The normalized spacial score (nSPS) is 16.8. The highest BCUT2D eigenvalue weighted by Crippen LogP contribution is 2.44. The average molecular weight is 239 g/mol. The van der Waals surface area contributed by atoms with Gasteiger partial charge in [0, 0.05) is 13.1 Å². The zero-order chi connectivity index (χ0) is 11.6.